The Kier molecular flexibility index (Phi) is 4.59. The minimum atomic E-state index is 0.215. The van der Waals surface area contributed by atoms with E-state index in [1.807, 2.05) is 11.8 Å². The van der Waals surface area contributed by atoms with Gasteiger partial charge in [-0.15, -0.1) is 11.8 Å². The second-order valence-electron chi connectivity index (χ2n) is 6.50. The summed E-state index contributed by atoms with van der Waals surface area (Å²) in [5.41, 5.74) is 5.71. The maximum atomic E-state index is 2.36. The predicted molar refractivity (Wildman–Crippen MR) is 90.6 cm³/mol. The Balaban J connectivity index is 2.14. The molecule has 1 heteroatoms. The molecule has 0 aliphatic rings. The normalized spacial score (nSPS) is 11.7. The average molecular weight is 284 g/mol. The lowest BCUT2D eigenvalue weighted by atomic mass is 9.87. The van der Waals surface area contributed by atoms with E-state index in [1.165, 1.54) is 27.1 Å². The van der Waals surface area contributed by atoms with Crippen molar-refractivity contribution >= 4 is 11.8 Å². The Morgan fingerprint density at radius 2 is 1.55 bits per heavy atom. The number of rotatable bonds is 3. The Morgan fingerprint density at radius 1 is 0.900 bits per heavy atom. The number of thioether (sulfide) groups is 1. The molecule has 0 bridgehead atoms. The van der Waals surface area contributed by atoms with Gasteiger partial charge in [-0.05, 0) is 42.0 Å². The van der Waals surface area contributed by atoms with E-state index in [0.717, 1.165) is 5.75 Å². The van der Waals surface area contributed by atoms with Gasteiger partial charge in [0.1, 0.15) is 0 Å². The molecule has 0 saturated heterocycles. The molecule has 2 rings (SSSR count). The van der Waals surface area contributed by atoms with Gasteiger partial charge in [-0.1, -0.05) is 62.7 Å². The summed E-state index contributed by atoms with van der Waals surface area (Å²) in [7, 11) is 0. The van der Waals surface area contributed by atoms with Gasteiger partial charge in [-0.3, -0.25) is 0 Å². The average Bonchev–Trinajstić information content (AvgIpc) is 2.38. The van der Waals surface area contributed by atoms with Crippen LogP contribution in [-0.2, 0) is 11.2 Å². The third kappa shape index (κ3) is 3.89. The van der Waals surface area contributed by atoms with Crippen LogP contribution in [0.15, 0.2) is 47.4 Å². The molecule has 0 atom stereocenters. The van der Waals surface area contributed by atoms with E-state index in [1.54, 1.807) is 0 Å². The predicted octanol–water partition coefficient (Wildman–Crippen LogP) is 5.89. The standard InChI is InChI=1S/C19H24S/c1-14-6-9-16(10-7-14)13-20-18-12-17(19(3,4)5)11-8-15(18)2/h6-12H,13H2,1-5H3. The first-order valence-electron chi connectivity index (χ1n) is 7.16. The molecule has 0 saturated carbocycles. The first kappa shape index (κ1) is 15.2. The molecule has 0 nitrogen and oxygen atoms in total. The summed E-state index contributed by atoms with van der Waals surface area (Å²) in [6.07, 6.45) is 0. The van der Waals surface area contributed by atoms with E-state index in [-0.39, 0.29) is 5.41 Å². The molecule has 0 fully saturated rings. The molecule has 0 amide bonds. The molecular weight excluding hydrogens is 260 g/mol. The van der Waals surface area contributed by atoms with Crippen molar-refractivity contribution in [3.8, 4) is 0 Å². The molecule has 106 valence electrons. The molecule has 0 aliphatic heterocycles. The van der Waals surface area contributed by atoms with Crippen molar-refractivity contribution in [2.75, 3.05) is 0 Å². The molecule has 20 heavy (non-hydrogen) atoms. The van der Waals surface area contributed by atoms with Gasteiger partial charge in [0, 0.05) is 10.6 Å². The molecule has 0 aliphatic carbocycles. The van der Waals surface area contributed by atoms with Gasteiger partial charge in [0.2, 0.25) is 0 Å². The van der Waals surface area contributed by atoms with Crippen molar-refractivity contribution in [1.29, 1.82) is 0 Å². The van der Waals surface area contributed by atoms with Gasteiger partial charge >= 0.3 is 0 Å². The van der Waals surface area contributed by atoms with Crippen molar-refractivity contribution in [2.45, 2.75) is 50.7 Å². The van der Waals surface area contributed by atoms with E-state index in [0.29, 0.717) is 0 Å². The highest BCUT2D eigenvalue weighted by Gasteiger charge is 2.14. The zero-order valence-electron chi connectivity index (χ0n) is 13.2. The van der Waals surface area contributed by atoms with E-state index in [4.69, 9.17) is 0 Å². The second-order valence-corrected chi connectivity index (χ2v) is 7.52. The summed E-state index contributed by atoms with van der Waals surface area (Å²) in [4.78, 5) is 1.40. The molecule has 2 aromatic rings. The third-order valence-electron chi connectivity index (χ3n) is 3.57. The lowest BCUT2D eigenvalue weighted by molar-refractivity contribution is 0.588. The summed E-state index contributed by atoms with van der Waals surface area (Å²) in [6.45, 7) is 11.1. The van der Waals surface area contributed by atoms with E-state index in [9.17, 15) is 0 Å². The van der Waals surface area contributed by atoms with Crippen molar-refractivity contribution in [3.05, 3.63) is 64.7 Å². The SMILES string of the molecule is Cc1ccc(CSc2cc(C(C)(C)C)ccc2C)cc1. The maximum absolute atomic E-state index is 2.36. The minimum Gasteiger partial charge on any atom is -0.121 e. The Bertz CT molecular complexity index is 574. The van der Waals surface area contributed by atoms with Crippen LogP contribution in [0.5, 0.6) is 0 Å². The smallest absolute Gasteiger partial charge is 0.0232 e. The van der Waals surface area contributed by atoms with Gasteiger partial charge in [0.05, 0.1) is 0 Å². The lowest BCUT2D eigenvalue weighted by Crippen LogP contribution is -2.11. The number of hydrogen-bond acceptors (Lipinski definition) is 1. The monoisotopic (exact) mass is 284 g/mol. The highest BCUT2D eigenvalue weighted by molar-refractivity contribution is 7.98. The summed E-state index contributed by atoms with van der Waals surface area (Å²) >= 11 is 1.94. The fourth-order valence-electron chi connectivity index (χ4n) is 2.07. The van der Waals surface area contributed by atoms with Crippen molar-refractivity contribution < 1.29 is 0 Å². The number of benzene rings is 2. The minimum absolute atomic E-state index is 0.215. The van der Waals surface area contributed by atoms with Crippen molar-refractivity contribution in [2.24, 2.45) is 0 Å². The van der Waals surface area contributed by atoms with Gasteiger partial charge < -0.3 is 0 Å². The topological polar surface area (TPSA) is 0 Å². The van der Waals surface area contributed by atoms with E-state index >= 15 is 0 Å². The highest BCUT2D eigenvalue weighted by atomic mass is 32.2. The zero-order chi connectivity index (χ0) is 14.8. The van der Waals surface area contributed by atoms with Gasteiger partial charge in [0.25, 0.3) is 0 Å². The van der Waals surface area contributed by atoms with Crippen LogP contribution in [-0.4, -0.2) is 0 Å². The Hall–Kier alpha value is -1.21. The molecular formula is C19H24S. The first-order chi connectivity index (χ1) is 9.36. The van der Waals surface area contributed by atoms with E-state index in [2.05, 4.69) is 77.1 Å². The molecule has 0 N–H and O–H groups in total. The Morgan fingerprint density at radius 3 is 2.15 bits per heavy atom. The molecule has 0 spiro atoms. The van der Waals surface area contributed by atoms with Crippen LogP contribution in [0.1, 0.15) is 43.0 Å². The fraction of sp³-hybridized carbons (Fsp3) is 0.368. The fourth-order valence-corrected chi connectivity index (χ4v) is 3.09. The van der Waals surface area contributed by atoms with Crippen LogP contribution in [0.25, 0.3) is 0 Å². The number of aryl methyl sites for hydroxylation is 2. The van der Waals surface area contributed by atoms with Crippen molar-refractivity contribution in [1.82, 2.24) is 0 Å². The zero-order valence-corrected chi connectivity index (χ0v) is 14.0. The largest absolute Gasteiger partial charge is 0.121 e. The van der Waals surface area contributed by atoms with Crippen LogP contribution < -0.4 is 0 Å². The van der Waals surface area contributed by atoms with Crippen LogP contribution in [0.3, 0.4) is 0 Å². The molecule has 0 unspecified atom stereocenters. The summed E-state index contributed by atoms with van der Waals surface area (Å²) in [5.74, 6) is 1.04. The second kappa shape index (κ2) is 6.05. The summed E-state index contributed by atoms with van der Waals surface area (Å²) < 4.78 is 0. The van der Waals surface area contributed by atoms with Crippen LogP contribution in [0.2, 0.25) is 0 Å². The van der Waals surface area contributed by atoms with Gasteiger partial charge in [-0.2, -0.15) is 0 Å². The molecule has 0 radical (unpaired) electrons. The quantitative estimate of drug-likeness (QED) is 0.633. The maximum Gasteiger partial charge on any atom is 0.0232 e. The molecule has 2 aromatic carbocycles. The lowest BCUT2D eigenvalue weighted by Gasteiger charge is -2.20. The van der Waals surface area contributed by atoms with E-state index < -0.39 is 0 Å². The Labute approximate surface area is 127 Å². The van der Waals surface area contributed by atoms with Crippen LogP contribution in [0, 0.1) is 13.8 Å². The van der Waals surface area contributed by atoms with Gasteiger partial charge in [0.15, 0.2) is 0 Å². The van der Waals surface area contributed by atoms with Gasteiger partial charge in [-0.25, -0.2) is 0 Å². The third-order valence-corrected chi connectivity index (χ3v) is 4.80. The highest BCUT2D eigenvalue weighted by Crippen LogP contribution is 2.31. The molecule has 0 heterocycles. The summed E-state index contributed by atoms with van der Waals surface area (Å²) in [5, 5.41) is 0. The van der Waals surface area contributed by atoms with Crippen molar-refractivity contribution in [3.63, 3.8) is 0 Å². The van der Waals surface area contributed by atoms with Crippen LogP contribution >= 0.6 is 11.8 Å². The molecule has 0 aromatic heterocycles. The van der Waals surface area contributed by atoms with Crippen LogP contribution in [0.4, 0.5) is 0 Å². The summed E-state index contributed by atoms with van der Waals surface area (Å²) in [6, 6.07) is 15.7. The number of hydrogen-bond donors (Lipinski definition) is 0. The first-order valence-corrected chi connectivity index (χ1v) is 8.14.